The van der Waals surface area contributed by atoms with Gasteiger partial charge in [-0.2, -0.15) is 0 Å². The van der Waals surface area contributed by atoms with Crippen molar-refractivity contribution in [2.75, 3.05) is 0 Å². The van der Waals surface area contributed by atoms with E-state index < -0.39 is 0 Å². The Hall–Kier alpha value is -8.34. The molecule has 0 unspecified atom stereocenters. The number of para-hydroxylation sites is 3. The quantitative estimate of drug-likeness (QED) is 0.142. The number of rotatable bonds is 0. The third-order valence-electron chi connectivity index (χ3n) is 11.9. The lowest BCUT2D eigenvalue weighted by Gasteiger charge is -1.93. The van der Waals surface area contributed by atoms with Gasteiger partial charge in [-0.05, 0) is 137 Å². The summed E-state index contributed by atoms with van der Waals surface area (Å²) in [6, 6.07) is 67.1. The van der Waals surface area contributed by atoms with Crippen molar-refractivity contribution in [1.82, 2.24) is 9.97 Å². The number of hydrogen-bond donors (Lipinski definition) is 0. The molecular weight excluding hydrogens is 929 g/mol. The molecule has 0 saturated heterocycles. The van der Waals surface area contributed by atoms with Gasteiger partial charge in [-0.25, -0.2) is 0 Å². The largest absolute Gasteiger partial charge is 0.456 e. The van der Waals surface area contributed by atoms with E-state index in [0.29, 0.717) is 0 Å². The van der Waals surface area contributed by atoms with Crippen LogP contribution in [0.25, 0.3) is 84.2 Å². The molecule has 0 bridgehead atoms. The zero-order chi connectivity index (χ0) is 51.1. The zero-order valence-corrected chi connectivity index (χ0v) is 44.0. The average Bonchev–Trinajstić information content (AvgIpc) is 4.19. The van der Waals surface area contributed by atoms with E-state index >= 15 is 0 Å². The third-order valence-corrected chi connectivity index (χ3v) is 14.4. The summed E-state index contributed by atoms with van der Waals surface area (Å²) in [5.74, 6) is 2.25. The first-order valence-electron chi connectivity index (χ1n) is 24.2. The van der Waals surface area contributed by atoms with E-state index in [1.54, 1.807) is 25.5 Å². The highest BCUT2D eigenvalue weighted by Crippen LogP contribution is 2.36. The molecule has 0 aliphatic carbocycles. The Morgan fingerprint density at radius 3 is 1.49 bits per heavy atom. The summed E-state index contributed by atoms with van der Waals surface area (Å²) < 4.78 is 17.1. The van der Waals surface area contributed by atoms with Crippen LogP contribution in [-0.4, -0.2) is 9.97 Å². The highest BCUT2D eigenvalue weighted by molar-refractivity contribution is 7.26. The molecule has 73 heavy (non-hydrogen) atoms. The molecular formula is C67H58N2O2S2. The van der Waals surface area contributed by atoms with E-state index in [-0.39, 0.29) is 0 Å². The fourth-order valence-corrected chi connectivity index (χ4v) is 10.6. The van der Waals surface area contributed by atoms with Gasteiger partial charge in [-0.1, -0.05) is 139 Å². The smallest absolute Gasteiger partial charge is 0.138 e. The van der Waals surface area contributed by atoms with E-state index in [1.807, 2.05) is 109 Å². The van der Waals surface area contributed by atoms with Crippen LogP contribution in [0, 0.1) is 53.9 Å². The van der Waals surface area contributed by atoms with E-state index in [1.165, 1.54) is 95.3 Å². The molecule has 0 amide bonds. The number of terminal acetylenes is 1. The summed E-state index contributed by atoms with van der Waals surface area (Å²) in [5, 5.41) is 10.4. The minimum absolute atomic E-state index is 0.966. The van der Waals surface area contributed by atoms with Gasteiger partial charge in [0.05, 0.1) is 0 Å². The molecule has 360 valence electrons. The Labute approximate surface area is 436 Å². The summed E-state index contributed by atoms with van der Waals surface area (Å²) in [4.78, 5) is 7.73. The van der Waals surface area contributed by atoms with Gasteiger partial charge in [-0.3, -0.25) is 9.97 Å². The van der Waals surface area contributed by atoms with Crippen molar-refractivity contribution in [3.05, 3.63) is 252 Å². The van der Waals surface area contributed by atoms with Crippen LogP contribution in [0.4, 0.5) is 0 Å². The number of hydrogen-bond acceptors (Lipinski definition) is 6. The Balaban J connectivity index is 0.000000118. The number of nitrogens with zero attached hydrogens (tertiary/aromatic N) is 2. The molecule has 14 aromatic rings. The number of thiophene rings is 2. The second-order valence-electron chi connectivity index (χ2n) is 17.6. The molecule has 0 aliphatic heterocycles. The minimum atomic E-state index is 0.966. The minimum Gasteiger partial charge on any atom is -0.456 e. The average molecular weight is 987 g/mol. The van der Waals surface area contributed by atoms with Gasteiger partial charge >= 0.3 is 0 Å². The van der Waals surface area contributed by atoms with Crippen LogP contribution >= 0.6 is 22.7 Å². The maximum absolute atomic E-state index is 5.78. The fourth-order valence-electron chi connectivity index (χ4n) is 8.33. The van der Waals surface area contributed by atoms with Gasteiger partial charge in [-0.15, -0.1) is 35.0 Å². The number of aromatic nitrogens is 2. The lowest BCUT2D eigenvalue weighted by Crippen LogP contribution is -1.70. The van der Waals surface area contributed by atoms with Crippen LogP contribution in [0.5, 0.6) is 0 Å². The third kappa shape index (κ3) is 12.8. The zero-order valence-electron chi connectivity index (χ0n) is 42.4. The Morgan fingerprint density at radius 1 is 0.370 bits per heavy atom. The van der Waals surface area contributed by atoms with Crippen LogP contribution in [0.3, 0.4) is 0 Å². The predicted molar refractivity (Wildman–Crippen MR) is 318 cm³/mol. The summed E-state index contributed by atoms with van der Waals surface area (Å²) in [6.07, 6.45) is 11.8. The van der Waals surface area contributed by atoms with E-state index in [4.69, 9.17) is 8.83 Å². The summed E-state index contributed by atoms with van der Waals surface area (Å²) >= 11 is 3.76. The topological polar surface area (TPSA) is 52.1 Å². The molecule has 4 nitrogen and oxygen atoms in total. The van der Waals surface area contributed by atoms with Gasteiger partial charge in [0.15, 0.2) is 0 Å². The normalized spacial score (nSPS) is 10.4. The van der Waals surface area contributed by atoms with Gasteiger partial charge in [0.1, 0.15) is 22.3 Å². The van der Waals surface area contributed by atoms with Crippen LogP contribution in [0.1, 0.15) is 40.3 Å². The lowest BCUT2D eigenvalue weighted by atomic mass is 10.1. The molecule has 0 spiro atoms. The molecule has 0 aliphatic rings. The molecule has 0 saturated carbocycles. The van der Waals surface area contributed by atoms with Crippen LogP contribution in [0.2, 0.25) is 0 Å². The monoisotopic (exact) mass is 986 g/mol. The van der Waals surface area contributed by atoms with Crippen LogP contribution in [-0.2, 0) is 0 Å². The molecule has 14 rings (SSSR count). The van der Waals surface area contributed by atoms with Crippen molar-refractivity contribution in [2.45, 2.75) is 48.5 Å². The maximum atomic E-state index is 5.78. The first kappa shape index (κ1) is 51.0. The van der Waals surface area contributed by atoms with Gasteiger partial charge in [0.25, 0.3) is 0 Å². The number of furan rings is 2. The standard InChI is InChI=1S/2C13H10O.2C13H10S.2C6H7N.C3H4/c1-9-5-4-7-11-10-6-2-3-8-12(10)14-13(9)11;1-9-6-7-13-11(8-9)10-4-2-3-5-12(10)14-13;1-9-5-4-7-11-10-6-2-3-8-12(10)14-13(9)11;1-9-6-7-13-11(8-9)10-4-2-3-5-12(10)14-13;1-6-2-4-7-5-3-6;1-6-3-2-4-7-5-6;1-3-2/h4*2-8H,1H3;2*2-5H,1H3;1H,2H3. The predicted octanol–water partition coefficient (Wildman–Crippen LogP) is 19.9. The summed E-state index contributed by atoms with van der Waals surface area (Å²) in [6.45, 7) is 14.2. The second kappa shape index (κ2) is 24.7. The number of benzene rings is 8. The first-order chi connectivity index (χ1) is 35.6. The fraction of sp³-hybridized carbons (Fsp3) is 0.104. The van der Waals surface area contributed by atoms with Crippen molar-refractivity contribution in [3.63, 3.8) is 0 Å². The number of aryl methyl sites for hydroxylation is 6. The lowest BCUT2D eigenvalue weighted by molar-refractivity contribution is 0.666. The summed E-state index contributed by atoms with van der Waals surface area (Å²) in [5.41, 5.74) is 11.6. The molecule has 6 aromatic heterocycles. The Bertz CT molecular complexity index is 3800. The molecule has 0 radical (unpaired) electrons. The van der Waals surface area contributed by atoms with Crippen molar-refractivity contribution in [1.29, 1.82) is 0 Å². The highest BCUT2D eigenvalue weighted by Gasteiger charge is 2.08. The van der Waals surface area contributed by atoms with Crippen LogP contribution in [0.15, 0.2) is 228 Å². The molecule has 6 heteroatoms. The second-order valence-corrected chi connectivity index (χ2v) is 19.8. The molecule has 6 heterocycles. The molecule has 0 atom stereocenters. The van der Waals surface area contributed by atoms with Crippen molar-refractivity contribution < 1.29 is 8.83 Å². The highest BCUT2D eigenvalue weighted by atomic mass is 32.1. The van der Waals surface area contributed by atoms with Gasteiger partial charge in [0, 0.05) is 86.7 Å². The van der Waals surface area contributed by atoms with E-state index in [0.717, 1.165) is 22.3 Å². The van der Waals surface area contributed by atoms with Crippen molar-refractivity contribution >= 4 is 107 Å². The summed E-state index contributed by atoms with van der Waals surface area (Å²) in [7, 11) is 0. The number of pyridine rings is 2. The Kier molecular flexibility index (Phi) is 17.2. The van der Waals surface area contributed by atoms with Gasteiger partial charge < -0.3 is 8.83 Å². The van der Waals surface area contributed by atoms with Crippen molar-refractivity contribution in [2.24, 2.45) is 0 Å². The van der Waals surface area contributed by atoms with Crippen molar-refractivity contribution in [3.8, 4) is 12.3 Å². The molecule has 8 aromatic carbocycles. The maximum Gasteiger partial charge on any atom is 0.138 e. The van der Waals surface area contributed by atoms with E-state index in [2.05, 4.69) is 177 Å². The Morgan fingerprint density at radius 2 is 0.877 bits per heavy atom. The SMILES string of the molecule is C#CC.Cc1ccc2oc3ccccc3c2c1.Cc1ccc2sc3ccccc3c2c1.Cc1cccc2c1oc1ccccc12.Cc1cccc2c1sc1ccccc12.Cc1cccnc1.Cc1ccncc1. The number of fused-ring (bicyclic) bond motifs is 12. The molecule has 0 fully saturated rings. The van der Waals surface area contributed by atoms with Gasteiger partial charge in [0.2, 0.25) is 0 Å². The van der Waals surface area contributed by atoms with Crippen LogP contribution < -0.4 is 0 Å². The first-order valence-corrected chi connectivity index (χ1v) is 25.8. The van der Waals surface area contributed by atoms with E-state index in [9.17, 15) is 0 Å². The molecule has 0 N–H and O–H groups in total.